The molecule has 1 N–H and O–H groups in total. The van der Waals surface area contributed by atoms with Crippen molar-refractivity contribution in [3.63, 3.8) is 0 Å². The van der Waals surface area contributed by atoms with Crippen molar-refractivity contribution in [2.24, 2.45) is 0 Å². The maximum Gasteiger partial charge on any atom is 0.269 e. The van der Waals surface area contributed by atoms with Gasteiger partial charge in [0, 0.05) is 11.9 Å². The molecular weight excluding hydrogens is 374 g/mol. The third-order valence-corrected chi connectivity index (χ3v) is 5.20. The Bertz CT molecular complexity index is 1020. The number of aromatic nitrogens is 1. The summed E-state index contributed by atoms with van der Waals surface area (Å²) in [6.45, 7) is 1.61. The van der Waals surface area contributed by atoms with Gasteiger partial charge in [-0.1, -0.05) is 35.1 Å². The molecular formula is C18H14ClN3O3S. The second-order valence-corrected chi connectivity index (χ2v) is 7.29. The normalized spacial score (nSPS) is 16.1. The number of nitrogens with zero attached hydrogens (tertiary/aromatic N) is 2. The standard InChI is InChI=1S/C18H14ClN3O3S/c1-10(23)22-9-15(25-14-5-3-2-4-13(14)22)17(24)21-18-20-12-7-6-11(19)8-16(12)26-18/h2-8,15H,9H2,1H3,(H,20,21,24)/t15-/m0/s1. The second-order valence-electron chi connectivity index (χ2n) is 5.82. The van der Waals surface area contributed by atoms with E-state index in [1.165, 1.54) is 18.3 Å². The number of anilines is 2. The fourth-order valence-corrected chi connectivity index (χ4v) is 3.95. The quantitative estimate of drug-likeness (QED) is 0.727. The van der Waals surface area contributed by atoms with Gasteiger partial charge in [-0.15, -0.1) is 0 Å². The van der Waals surface area contributed by atoms with Crippen LogP contribution in [0.1, 0.15) is 6.92 Å². The Morgan fingerprint density at radius 3 is 2.92 bits per heavy atom. The molecule has 3 aromatic rings. The zero-order chi connectivity index (χ0) is 18.3. The summed E-state index contributed by atoms with van der Waals surface area (Å²) in [6.07, 6.45) is -0.815. The minimum absolute atomic E-state index is 0.145. The molecule has 4 rings (SSSR count). The summed E-state index contributed by atoms with van der Waals surface area (Å²) in [4.78, 5) is 30.5. The first-order valence-corrected chi connectivity index (χ1v) is 9.11. The van der Waals surface area contributed by atoms with Gasteiger partial charge in [0.15, 0.2) is 11.2 Å². The van der Waals surface area contributed by atoms with Crippen molar-refractivity contribution in [2.75, 3.05) is 16.8 Å². The van der Waals surface area contributed by atoms with Crippen LogP contribution in [0.4, 0.5) is 10.8 Å². The lowest BCUT2D eigenvalue weighted by Crippen LogP contribution is -2.48. The fourth-order valence-electron chi connectivity index (χ4n) is 2.81. The summed E-state index contributed by atoms with van der Waals surface area (Å²) in [5, 5.41) is 3.85. The van der Waals surface area contributed by atoms with Gasteiger partial charge in [0.2, 0.25) is 5.91 Å². The average molecular weight is 388 g/mol. The molecule has 26 heavy (non-hydrogen) atoms. The van der Waals surface area contributed by atoms with Crippen molar-refractivity contribution in [1.82, 2.24) is 4.98 Å². The van der Waals surface area contributed by atoms with Crippen LogP contribution in [-0.4, -0.2) is 29.4 Å². The van der Waals surface area contributed by atoms with Gasteiger partial charge in [-0.05, 0) is 30.3 Å². The zero-order valence-corrected chi connectivity index (χ0v) is 15.3. The van der Waals surface area contributed by atoms with Crippen LogP contribution in [0.2, 0.25) is 5.02 Å². The molecule has 1 aliphatic heterocycles. The maximum absolute atomic E-state index is 12.7. The number of thiazole rings is 1. The van der Waals surface area contributed by atoms with E-state index in [1.54, 1.807) is 41.3 Å². The van der Waals surface area contributed by atoms with E-state index < -0.39 is 6.10 Å². The highest BCUT2D eigenvalue weighted by atomic mass is 35.5. The van der Waals surface area contributed by atoms with E-state index in [0.29, 0.717) is 21.6 Å². The van der Waals surface area contributed by atoms with Crippen molar-refractivity contribution in [2.45, 2.75) is 13.0 Å². The molecule has 1 atom stereocenters. The molecule has 2 heterocycles. The predicted molar refractivity (Wildman–Crippen MR) is 102 cm³/mol. The van der Waals surface area contributed by atoms with Crippen LogP contribution in [0.15, 0.2) is 42.5 Å². The van der Waals surface area contributed by atoms with Gasteiger partial charge < -0.3 is 9.64 Å². The molecule has 2 amide bonds. The number of fused-ring (bicyclic) bond motifs is 2. The Morgan fingerprint density at radius 1 is 1.31 bits per heavy atom. The van der Waals surface area contributed by atoms with Gasteiger partial charge in [0.05, 0.1) is 22.4 Å². The minimum Gasteiger partial charge on any atom is -0.476 e. The van der Waals surface area contributed by atoms with Crippen molar-refractivity contribution in [3.8, 4) is 5.75 Å². The minimum atomic E-state index is -0.815. The Kier molecular flexibility index (Phi) is 4.26. The highest BCUT2D eigenvalue weighted by Crippen LogP contribution is 2.34. The highest BCUT2D eigenvalue weighted by molar-refractivity contribution is 7.22. The smallest absolute Gasteiger partial charge is 0.269 e. The van der Waals surface area contributed by atoms with Crippen molar-refractivity contribution < 1.29 is 14.3 Å². The Labute approximate surface area is 158 Å². The number of benzene rings is 2. The van der Waals surface area contributed by atoms with Crippen LogP contribution >= 0.6 is 22.9 Å². The molecule has 2 aromatic carbocycles. The Balaban J connectivity index is 1.57. The number of nitrogens with one attached hydrogen (secondary N) is 1. The number of para-hydroxylation sites is 2. The predicted octanol–water partition coefficient (Wildman–Crippen LogP) is 3.70. The van der Waals surface area contributed by atoms with E-state index in [0.717, 1.165) is 10.2 Å². The fraction of sp³-hybridized carbons (Fsp3) is 0.167. The molecule has 0 unspecified atom stereocenters. The summed E-state index contributed by atoms with van der Waals surface area (Å²) in [5.74, 6) is 0.00858. The Morgan fingerprint density at radius 2 is 2.12 bits per heavy atom. The largest absolute Gasteiger partial charge is 0.476 e. The SMILES string of the molecule is CC(=O)N1C[C@@H](C(=O)Nc2nc3ccc(Cl)cc3s2)Oc2ccccc21. The molecule has 0 fully saturated rings. The number of ether oxygens (including phenoxy) is 1. The molecule has 6 nitrogen and oxygen atoms in total. The third-order valence-electron chi connectivity index (χ3n) is 4.03. The van der Waals surface area contributed by atoms with Crippen LogP contribution < -0.4 is 15.0 Å². The summed E-state index contributed by atoms with van der Waals surface area (Å²) >= 11 is 7.32. The Hall–Kier alpha value is -2.64. The van der Waals surface area contributed by atoms with Crippen molar-refractivity contribution in [3.05, 3.63) is 47.5 Å². The zero-order valence-electron chi connectivity index (χ0n) is 13.7. The number of rotatable bonds is 2. The third kappa shape index (κ3) is 3.11. The van der Waals surface area contributed by atoms with Gasteiger partial charge in [-0.25, -0.2) is 4.98 Å². The molecule has 0 saturated carbocycles. The van der Waals surface area contributed by atoms with Gasteiger partial charge in [0.25, 0.3) is 5.91 Å². The first-order chi connectivity index (χ1) is 12.5. The topological polar surface area (TPSA) is 71.5 Å². The van der Waals surface area contributed by atoms with E-state index in [2.05, 4.69) is 10.3 Å². The van der Waals surface area contributed by atoms with Gasteiger partial charge >= 0.3 is 0 Å². The first-order valence-electron chi connectivity index (χ1n) is 7.92. The van der Waals surface area contributed by atoms with Crippen LogP contribution in [0, 0.1) is 0 Å². The van der Waals surface area contributed by atoms with Gasteiger partial charge in [-0.3, -0.25) is 14.9 Å². The number of amides is 2. The average Bonchev–Trinajstić information content (AvgIpc) is 3.01. The van der Waals surface area contributed by atoms with E-state index in [4.69, 9.17) is 16.3 Å². The number of carbonyl (C=O) groups excluding carboxylic acids is 2. The molecule has 8 heteroatoms. The summed E-state index contributed by atoms with van der Waals surface area (Å²) < 4.78 is 6.67. The summed E-state index contributed by atoms with van der Waals surface area (Å²) in [7, 11) is 0. The van der Waals surface area contributed by atoms with E-state index in [1.807, 2.05) is 6.07 Å². The molecule has 0 saturated heterocycles. The van der Waals surface area contributed by atoms with Crippen molar-refractivity contribution >= 4 is 55.8 Å². The lowest BCUT2D eigenvalue weighted by atomic mass is 10.2. The molecule has 0 aliphatic carbocycles. The molecule has 0 radical (unpaired) electrons. The lowest BCUT2D eigenvalue weighted by Gasteiger charge is -2.33. The van der Waals surface area contributed by atoms with Crippen LogP contribution in [-0.2, 0) is 9.59 Å². The van der Waals surface area contributed by atoms with Crippen molar-refractivity contribution in [1.29, 1.82) is 0 Å². The number of halogens is 1. The first kappa shape index (κ1) is 16.8. The van der Waals surface area contributed by atoms with E-state index >= 15 is 0 Å². The molecule has 0 bridgehead atoms. The second kappa shape index (κ2) is 6.59. The van der Waals surface area contributed by atoms with Crippen LogP contribution in [0.25, 0.3) is 10.2 Å². The van der Waals surface area contributed by atoms with E-state index in [-0.39, 0.29) is 18.4 Å². The number of hydrogen-bond donors (Lipinski definition) is 1. The molecule has 132 valence electrons. The lowest BCUT2D eigenvalue weighted by molar-refractivity contribution is -0.123. The highest BCUT2D eigenvalue weighted by Gasteiger charge is 2.32. The monoisotopic (exact) mass is 387 g/mol. The van der Waals surface area contributed by atoms with Crippen LogP contribution in [0.5, 0.6) is 5.75 Å². The van der Waals surface area contributed by atoms with Gasteiger partial charge in [0.1, 0.15) is 5.75 Å². The number of carbonyl (C=O) groups is 2. The molecule has 0 spiro atoms. The van der Waals surface area contributed by atoms with Gasteiger partial charge in [-0.2, -0.15) is 0 Å². The maximum atomic E-state index is 12.7. The van der Waals surface area contributed by atoms with E-state index in [9.17, 15) is 9.59 Å². The molecule has 1 aliphatic rings. The van der Waals surface area contributed by atoms with Crippen LogP contribution in [0.3, 0.4) is 0 Å². The molecule has 1 aromatic heterocycles. The summed E-state index contributed by atoms with van der Waals surface area (Å²) in [6, 6.07) is 12.5. The summed E-state index contributed by atoms with van der Waals surface area (Å²) in [5.41, 5.74) is 1.42. The number of hydrogen-bond acceptors (Lipinski definition) is 5.